The highest BCUT2D eigenvalue weighted by molar-refractivity contribution is 6.33. The summed E-state index contributed by atoms with van der Waals surface area (Å²) >= 11 is 11.7. The summed E-state index contributed by atoms with van der Waals surface area (Å²) in [6, 6.07) is 8.91. The predicted octanol–water partition coefficient (Wildman–Crippen LogP) is 2.75. The van der Waals surface area contributed by atoms with E-state index < -0.39 is 0 Å². The van der Waals surface area contributed by atoms with E-state index in [1.54, 1.807) is 23.2 Å². The number of hydrogen-bond donors (Lipinski definition) is 0. The van der Waals surface area contributed by atoms with Gasteiger partial charge in [0.2, 0.25) is 0 Å². The van der Waals surface area contributed by atoms with E-state index in [1.165, 1.54) is 0 Å². The minimum absolute atomic E-state index is 0.0770. The summed E-state index contributed by atoms with van der Waals surface area (Å²) < 4.78 is 0. The Morgan fingerprint density at radius 3 is 2.32 bits per heavy atom. The number of piperazine rings is 1. The van der Waals surface area contributed by atoms with Crippen LogP contribution in [0.4, 0.5) is 5.82 Å². The van der Waals surface area contributed by atoms with Gasteiger partial charge in [-0.15, -0.1) is 0 Å². The van der Waals surface area contributed by atoms with Gasteiger partial charge >= 0.3 is 0 Å². The third kappa shape index (κ3) is 3.31. The number of carbonyl (C=O) groups excluding carboxylic acids is 1. The highest BCUT2D eigenvalue weighted by Gasteiger charge is 2.23. The fraction of sp³-hybridized carbons (Fsp3) is 0.267. The number of carbonyl (C=O) groups is 1. The van der Waals surface area contributed by atoms with Crippen LogP contribution in [0.15, 0.2) is 36.5 Å². The van der Waals surface area contributed by atoms with Crippen molar-refractivity contribution in [1.82, 2.24) is 14.9 Å². The molecule has 0 spiro atoms. The van der Waals surface area contributed by atoms with Crippen molar-refractivity contribution >= 4 is 34.9 Å². The molecule has 0 atom stereocenters. The van der Waals surface area contributed by atoms with Gasteiger partial charge in [-0.2, -0.15) is 0 Å². The summed E-state index contributed by atoms with van der Waals surface area (Å²) in [5.41, 5.74) is 0.469. The normalized spacial score (nSPS) is 15.0. The SMILES string of the molecule is O=C(c1cc(Cl)nc(Cl)c1)N1CCN(c2ccccn2)CC1. The van der Waals surface area contributed by atoms with Crippen LogP contribution < -0.4 is 4.90 Å². The fourth-order valence-corrected chi connectivity index (χ4v) is 2.91. The van der Waals surface area contributed by atoms with Crippen molar-refractivity contribution in [2.24, 2.45) is 0 Å². The number of anilines is 1. The van der Waals surface area contributed by atoms with E-state index in [0.717, 1.165) is 18.9 Å². The molecule has 3 rings (SSSR count). The second-order valence-corrected chi connectivity index (χ2v) is 5.74. The third-order valence-corrected chi connectivity index (χ3v) is 3.94. The molecule has 1 fully saturated rings. The van der Waals surface area contributed by atoms with E-state index in [9.17, 15) is 4.79 Å². The Hall–Kier alpha value is -1.85. The van der Waals surface area contributed by atoms with Crippen molar-refractivity contribution in [2.75, 3.05) is 31.1 Å². The average Bonchev–Trinajstić information content (AvgIpc) is 2.54. The first-order chi connectivity index (χ1) is 10.6. The van der Waals surface area contributed by atoms with E-state index >= 15 is 0 Å². The van der Waals surface area contributed by atoms with Crippen molar-refractivity contribution in [3.63, 3.8) is 0 Å². The van der Waals surface area contributed by atoms with Gasteiger partial charge < -0.3 is 9.80 Å². The first kappa shape index (κ1) is 15.1. The lowest BCUT2D eigenvalue weighted by atomic mass is 10.2. The molecule has 5 nitrogen and oxygen atoms in total. The minimum atomic E-state index is -0.0770. The molecule has 0 saturated carbocycles. The molecule has 0 aromatic carbocycles. The number of halogens is 2. The van der Waals surface area contributed by atoms with Crippen LogP contribution in [0.2, 0.25) is 10.3 Å². The smallest absolute Gasteiger partial charge is 0.254 e. The fourth-order valence-electron chi connectivity index (χ4n) is 2.45. The molecule has 7 heteroatoms. The van der Waals surface area contributed by atoms with Gasteiger partial charge in [-0.1, -0.05) is 29.3 Å². The molecule has 0 N–H and O–H groups in total. The molecular weight excluding hydrogens is 323 g/mol. The standard InChI is InChI=1S/C15H14Cl2N4O/c16-12-9-11(10-13(17)19-12)15(22)21-7-5-20(6-8-21)14-3-1-2-4-18-14/h1-4,9-10H,5-8H2. The topological polar surface area (TPSA) is 49.3 Å². The zero-order valence-electron chi connectivity index (χ0n) is 11.7. The number of hydrogen-bond acceptors (Lipinski definition) is 4. The van der Waals surface area contributed by atoms with Crippen LogP contribution in [0.1, 0.15) is 10.4 Å². The van der Waals surface area contributed by atoms with E-state index in [2.05, 4.69) is 14.9 Å². The summed E-state index contributed by atoms with van der Waals surface area (Å²) in [5, 5.41) is 0.450. The molecule has 3 heterocycles. The minimum Gasteiger partial charge on any atom is -0.353 e. The Kier molecular flexibility index (Phi) is 4.45. The molecule has 1 aliphatic heterocycles. The van der Waals surface area contributed by atoms with Gasteiger partial charge in [0.05, 0.1) is 0 Å². The molecule has 0 aliphatic carbocycles. The average molecular weight is 337 g/mol. The van der Waals surface area contributed by atoms with E-state index in [-0.39, 0.29) is 16.2 Å². The zero-order valence-corrected chi connectivity index (χ0v) is 13.3. The molecule has 22 heavy (non-hydrogen) atoms. The highest BCUT2D eigenvalue weighted by atomic mass is 35.5. The van der Waals surface area contributed by atoms with Crippen LogP contribution in [0.25, 0.3) is 0 Å². The summed E-state index contributed by atoms with van der Waals surface area (Å²) in [5.74, 6) is 0.858. The molecular formula is C15H14Cl2N4O. The Balaban J connectivity index is 1.67. The van der Waals surface area contributed by atoms with Crippen LogP contribution in [0, 0.1) is 0 Å². The van der Waals surface area contributed by atoms with Gasteiger partial charge in [0.25, 0.3) is 5.91 Å². The third-order valence-electron chi connectivity index (χ3n) is 3.55. The quantitative estimate of drug-likeness (QED) is 0.791. The molecule has 1 aliphatic rings. The Bertz CT molecular complexity index is 652. The van der Waals surface area contributed by atoms with E-state index in [0.29, 0.717) is 18.7 Å². The van der Waals surface area contributed by atoms with Crippen molar-refractivity contribution in [3.05, 3.63) is 52.4 Å². The van der Waals surface area contributed by atoms with Crippen LogP contribution in [0.5, 0.6) is 0 Å². The van der Waals surface area contributed by atoms with Crippen molar-refractivity contribution in [2.45, 2.75) is 0 Å². The number of pyridine rings is 2. The van der Waals surface area contributed by atoms with Gasteiger partial charge in [0, 0.05) is 37.9 Å². The Morgan fingerprint density at radius 2 is 1.73 bits per heavy atom. The predicted molar refractivity (Wildman–Crippen MR) is 86.6 cm³/mol. The van der Waals surface area contributed by atoms with E-state index in [4.69, 9.17) is 23.2 Å². The lowest BCUT2D eigenvalue weighted by Gasteiger charge is -2.35. The van der Waals surface area contributed by atoms with Gasteiger partial charge in [0.1, 0.15) is 16.1 Å². The monoisotopic (exact) mass is 336 g/mol. The second-order valence-electron chi connectivity index (χ2n) is 4.97. The number of rotatable bonds is 2. The maximum Gasteiger partial charge on any atom is 0.254 e. The van der Waals surface area contributed by atoms with Crippen LogP contribution in [-0.2, 0) is 0 Å². The molecule has 0 radical (unpaired) electrons. The van der Waals surface area contributed by atoms with Gasteiger partial charge in [-0.05, 0) is 24.3 Å². The summed E-state index contributed by atoms with van der Waals surface area (Å²) in [6.07, 6.45) is 1.77. The summed E-state index contributed by atoms with van der Waals surface area (Å²) in [4.78, 5) is 24.6. The lowest BCUT2D eigenvalue weighted by Crippen LogP contribution is -2.49. The molecule has 2 aromatic rings. The van der Waals surface area contributed by atoms with Crippen LogP contribution in [0.3, 0.4) is 0 Å². The maximum atomic E-state index is 12.5. The lowest BCUT2D eigenvalue weighted by molar-refractivity contribution is 0.0746. The maximum absolute atomic E-state index is 12.5. The zero-order chi connectivity index (χ0) is 15.5. The van der Waals surface area contributed by atoms with Crippen molar-refractivity contribution in [3.8, 4) is 0 Å². The molecule has 0 unspecified atom stereocenters. The van der Waals surface area contributed by atoms with Crippen LogP contribution >= 0.6 is 23.2 Å². The summed E-state index contributed by atoms with van der Waals surface area (Å²) in [7, 11) is 0. The number of amides is 1. The molecule has 2 aromatic heterocycles. The summed E-state index contributed by atoms with van der Waals surface area (Å²) in [6.45, 7) is 2.75. The van der Waals surface area contributed by atoms with Crippen LogP contribution in [-0.4, -0.2) is 47.0 Å². The molecule has 114 valence electrons. The Labute approximate surface area is 138 Å². The van der Waals surface area contributed by atoms with Gasteiger partial charge in [-0.25, -0.2) is 9.97 Å². The van der Waals surface area contributed by atoms with E-state index in [1.807, 2.05) is 18.2 Å². The van der Waals surface area contributed by atoms with Crippen molar-refractivity contribution < 1.29 is 4.79 Å². The molecule has 0 bridgehead atoms. The second kappa shape index (κ2) is 6.50. The van der Waals surface area contributed by atoms with Crippen molar-refractivity contribution in [1.29, 1.82) is 0 Å². The molecule has 1 saturated heterocycles. The highest BCUT2D eigenvalue weighted by Crippen LogP contribution is 2.18. The first-order valence-corrected chi connectivity index (χ1v) is 7.67. The number of aromatic nitrogens is 2. The number of nitrogens with zero attached hydrogens (tertiary/aromatic N) is 4. The molecule has 1 amide bonds. The largest absolute Gasteiger partial charge is 0.353 e. The Morgan fingerprint density at radius 1 is 1.05 bits per heavy atom. The van der Waals surface area contributed by atoms with Gasteiger partial charge in [0.15, 0.2) is 0 Å². The van der Waals surface area contributed by atoms with Gasteiger partial charge in [-0.3, -0.25) is 4.79 Å². The first-order valence-electron chi connectivity index (χ1n) is 6.92.